The molecule has 0 spiro atoms. The van der Waals surface area contributed by atoms with Gasteiger partial charge in [-0.1, -0.05) is 25.8 Å². The minimum atomic E-state index is 0.411. The molecule has 0 aliphatic heterocycles. The first-order valence-corrected chi connectivity index (χ1v) is 7.58. The Hall–Kier alpha value is -1.53. The fourth-order valence-electron chi connectivity index (χ4n) is 2.43. The second-order valence-electron chi connectivity index (χ2n) is 5.49. The number of hydrogen-bond donors (Lipinski definition) is 1. The van der Waals surface area contributed by atoms with E-state index in [2.05, 4.69) is 49.2 Å². The van der Waals surface area contributed by atoms with Crippen molar-refractivity contribution in [2.75, 3.05) is 18.5 Å². The standard InChI is InChI=1S/C17H27N3/c1-5-6-7-10-20(14(2)3)17-9-8-15(13-19-4)11-16(17)12-18/h8-9,11,14,19H,5-7,10,13H2,1-4H3. The zero-order chi connectivity index (χ0) is 15.0. The predicted molar refractivity (Wildman–Crippen MR) is 85.9 cm³/mol. The molecular weight excluding hydrogens is 246 g/mol. The van der Waals surface area contributed by atoms with Crippen LogP contribution in [0.15, 0.2) is 18.2 Å². The van der Waals surface area contributed by atoms with Crippen LogP contribution >= 0.6 is 0 Å². The average molecular weight is 273 g/mol. The maximum absolute atomic E-state index is 9.42. The Morgan fingerprint density at radius 3 is 2.60 bits per heavy atom. The van der Waals surface area contributed by atoms with E-state index in [4.69, 9.17) is 0 Å². The SMILES string of the molecule is CCCCCN(c1ccc(CNC)cc1C#N)C(C)C. The molecule has 0 aliphatic rings. The van der Waals surface area contributed by atoms with Crippen molar-refractivity contribution in [1.82, 2.24) is 5.32 Å². The lowest BCUT2D eigenvalue weighted by atomic mass is 10.1. The molecule has 110 valence electrons. The first-order valence-electron chi connectivity index (χ1n) is 7.58. The van der Waals surface area contributed by atoms with Gasteiger partial charge in [-0.2, -0.15) is 5.26 Å². The second kappa shape index (κ2) is 8.60. The van der Waals surface area contributed by atoms with Crippen molar-refractivity contribution in [1.29, 1.82) is 5.26 Å². The zero-order valence-corrected chi connectivity index (χ0v) is 13.2. The molecule has 1 aromatic carbocycles. The minimum absolute atomic E-state index is 0.411. The highest BCUT2D eigenvalue weighted by atomic mass is 15.1. The van der Waals surface area contributed by atoms with E-state index >= 15 is 0 Å². The number of hydrogen-bond acceptors (Lipinski definition) is 3. The van der Waals surface area contributed by atoms with Gasteiger partial charge in [0.2, 0.25) is 0 Å². The van der Waals surface area contributed by atoms with Gasteiger partial charge in [-0.15, -0.1) is 0 Å². The van der Waals surface area contributed by atoms with Gasteiger partial charge < -0.3 is 10.2 Å². The summed E-state index contributed by atoms with van der Waals surface area (Å²) < 4.78 is 0. The summed E-state index contributed by atoms with van der Waals surface area (Å²) in [7, 11) is 1.92. The maximum atomic E-state index is 9.42. The summed E-state index contributed by atoms with van der Waals surface area (Å²) in [6, 6.07) is 8.97. The van der Waals surface area contributed by atoms with Crippen LogP contribution in [0.3, 0.4) is 0 Å². The lowest BCUT2D eigenvalue weighted by molar-refractivity contribution is 0.625. The van der Waals surface area contributed by atoms with Crippen molar-refractivity contribution in [2.45, 2.75) is 52.6 Å². The number of benzene rings is 1. The van der Waals surface area contributed by atoms with Crippen molar-refractivity contribution < 1.29 is 0 Å². The van der Waals surface area contributed by atoms with E-state index in [1.807, 2.05) is 13.1 Å². The lowest BCUT2D eigenvalue weighted by Crippen LogP contribution is -2.32. The van der Waals surface area contributed by atoms with Gasteiger partial charge >= 0.3 is 0 Å². The first kappa shape index (κ1) is 16.5. The molecule has 0 bridgehead atoms. The molecule has 0 unspecified atom stereocenters. The molecule has 0 radical (unpaired) electrons. The zero-order valence-electron chi connectivity index (χ0n) is 13.2. The Labute approximate surface area is 123 Å². The molecule has 0 heterocycles. The highest BCUT2D eigenvalue weighted by Gasteiger charge is 2.14. The van der Waals surface area contributed by atoms with Crippen LogP contribution in [0, 0.1) is 11.3 Å². The minimum Gasteiger partial charge on any atom is -0.368 e. The number of unbranched alkanes of at least 4 members (excludes halogenated alkanes) is 2. The molecule has 1 aromatic rings. The molecule has 3 heteroatoms. The molecule has 0 fully saturated rings. The van der Waals surface area contributed by atoms with Gasteiger partial charge in [0.25, 0.3) is 0 Å². The molecule has 3 nitrogen and oxygen atoms in total. The average Bonchev–Trinajstić information content (AvgIpc) is 2.44. The van der Waals surface area contributed by atoms with Crippen LogP contribution in [-0.2, 0) is 6.54 Å². The van der Waals surface area contributed by atoms with Gasteiger partial charge in [0, 0.05) is 19.1 Å². The molecule has 0 aromatic heterocycles. The summed E-state index contributed by atoms with van der Waals surface area (Å²) in [4.78, 5) is 2.34. The highest BCUT2D eigenvalue weighted by Crippen LogP contribution is 2.24. The van der Waals surface area contributed by atoms with E-state index < -0.39 is 0 Å². The van der Waals surface area contributed by atoms with E-state index in [0.29, 0.717) is 6.04 Å². The quantitative estimate of drug-likeness (QED) is 0.734. The Bertz CT molecular complexity index is 446. The predicted octanol–water partition coefficient (Wildman–Crippen LogP) is 3.68. The van der Waals surface area contributed by atoms with E-state index in [0.717, 1.165) is 29.9 Å². The monoisotopic (exact) mass is 273 g/mol. The molecule has 1 N–H and O–H groups in total. The molecular formula is C17H27N3. The largest absolute Gasteiger partial charge is 0.368 e. The smallest absolute Gasteiger partial charge is 0.101 e. The van der Waals surface area contributed by atoms with Gasteiger partial charge in [-0.3, -0.25) is 0 Å². The van der Waals surface area contributed by atoms with Crippen LogP contribution in [0.2, 0.25) is 0 Å². The Morgan fingerprint density at radius 2 is 2.05 bits per heavy atom. The number of rotatable bonds is 8. The van der Waals surface area contributed by atoms with Gasteiger partial charge in [-0.25, -0.2) is 0 Å². The summed E-state index contributed by atoms with van der Waals surface area (Å²) in [5.74, 6) is 0. The normalized spacial score (nSPS) is 10.6. The van der Waals surface area contributed by atoms with Crippen LogP contribution in [0.1, 0.15) is 51.2 Å². The van der Waals surface area contributed by atoms with Crippen molar-refractivity contribution in [2.24, 2.45) is 0 Å². The lowest BCUT2D eigenvalue weighted by Gasteiger charge is -2.30. The van der Waals surface area contributed by atoms with Crippen LogP contribution in [0.4, 0.5) is 5.69 Å². The molecule has 0 atom stereocenters. The van der Waals surface area contributed by atoms with Crippen LogP contribution < -0.4 is 10.2 Å². The number of anilines is 1. The first-order chi connectivity index (χ1) is 9.63. The molecule has 0 saturated heterocycles. The van der Waals surface area contributed by atoms with Gasteiger partial charge in [-0.05, 0) is 45.0 Å². The topological polar surface area (TPSA) is 39.1 Å². The second-order valence-corrected chi connectivity index (χ2v) is 5.49. The van der Waals surface area contributed by atoms with Crippen molar-refractivity contribution in [3.63, 3.8) is 0 Å². The summed E-state index contributed by atoms with van der Waals surface area (Å²) in [6.45, 7) is 8.41. The van der Waals surface area contributed by atoms with Gasteiger partial charge in [0.15, 0.2) is 0 Å². The van der Waals surface area contributed by atoms with Crippen molar-refractivity contribution in [3.8, 4) is 6.07 Å². The Morgan fingerprint density at radius 1 is 1.30 bits per heavy atom. The van der Waals surface area contributed by atoms with E-state index in [9.17, 15) is 5.26 Å². The van der Waals surface area contributed by atoms with Crippen LogP contribution in [-0.4, -0.2) is 19.6 Å². The summed E-state index contributed by atoms with van der Waals surface area (Å²) in [6.07, 6.45) is 3.64. The molecule has 1 rings (SSSR count). The van der Waals surface area contributed by atoms with Crippen molar-refractivity contribution in [3.05, 3.63) is 29.3 Å². The molecule has 20 heavy (non-hydrogen) atoms. The van der Waals surface area contributed by atoms with Gasteiger partial charge in [0.1, 0.15) is 6.07 Å². The Kier molecular flexibility index (Phi) is 7.11. The molecule has 0 amide bonds. The van der Waals surface area contributed by atoms with Crippen LogP contribution in [0.25, 0.3) is 0 Å². The van der Waals surface area contributed by atoms with E-state index in [1.54, 1.807) is 0 Å². The summed E-state index contributed by atoms with van der Waals surface area (Å²) >= 11 is 0. The summed E-state index contributed by atoms with van der Waals surface area (Å²) in [5.41, 5.74) is 3.01. The summed E-state index contributed by atoms with van der Waals surface area (Å²) in [5, 5.41) is 12.5. The third-order valence-corrected chi connectivity index (χ3v) is 3.50. The van der Waals surface area contributed by atoms with Crippen LogP contribution in [0.5, 0.6) is 0 Å². The highest BCUT2D eigenvalue weighted by molar-refractivity contribution is 5.61. The van der Waals surface area contributed by atoms with E-state index in [-0.39, 0.29) is 0 Å². The Balaban J connectivity index is 2.97. The fraction of sp³-hybridized carbons (Fsp3) is 0.588. The van der Waals surface area contributed by atoms with E-state index in [1.165, 1.54) is 19.3 Å². The maximum Gasteiger partial charge on any atom is 0.101 e. The van der Waals surface area contributed by atoms with Crippen molar-refractivity contribution >= 4 is 5.69 Å². The third-order valence-electron chi connectivity index (χ3n) is 3.50. The number of nitriles is 1. The number of nitrogens with zero attached hydrogens (tertiary/aromatic N) is 2. The fourth-order valence-corrected chi connectivity index (χ4v) is 2.43. The number of nitrogens with one attached hydrogen (secondary N) is 1. The third kappa shape index (κ3) is 4.54. The molecule has 0 saturated carbocycles. The van der Waals surface area contributed by atoms with Gasteiger partial charge in [0.05, 0.1) is 11.3 Å². The molecule has 0 aliphatic carbocycles.